The highest BCUT2D eigenvalue weighted by atomic mass is 16.2. The van der Waals surface area contributed by atoms with Gasteiger partial charge in [-0.3, -0.25) is 24.4 Å². The molecule has 0 bridgehead atoms. The summed E-state index contributed by atoms with van der Waals surface area (Å²) in [6.07, 6.45) is 2.35. The second-order valence-corrected chi connectivity index (χ2v) is 7.09. The van der Waals surface area contributed by atoms with Gasteiger partial charge in [0.2, 0.25) is 11.8 Å². The van der Waals surface area contributed by atoms with Crippen LogP contribution in [0.3, 0.4) is 0 Å². The van der Waals surface area contributed by atoms with E-state index in [1.807, 2.05) is 19.2 Å². The second kappa shape index (κ2) is 7.08. The molecule has 9 nitrogen and oxygen atoms in total. The molecule has 1 saturated heterocycles. The Morgan fingerprint density at radius 3 is 2.89 bits per heavy atom. The van der Waals surface area contributed by atoms with E-state index >= 15 is 0 Å². The first-order chi connectivity index (χ1) is 13.5. The molecule has 28 heavy (non-hydrogen) atoms. The molecule has 0 aliphatic carbocycles. The fourth-order valence-corrected chi connectivity index (χ4v) is 3.78. The van der Waals surface area contributed by atoms with Crippen molar-refractivity contribution in [2.45, 2.75) is 38.5 Å². The fraction of sp³-hybridized carbons (Fsp3) is 0.368. The van der Waals surface area contributed by atoms with Crippen LogP contribution < -0.4 is 16.4 Å². The van der Waals surface area contributed by atoms with Crippen molar-refractivity contribution < 1.29 is 14.4 Å². The first-order valence-electron chi connectivity index (χ1n) is 9.19. The number of carbonyl (C=O) groups is 3. The predicted octanol–water partition coefficient (Wildman–Crippen LogP) is 0.252. The zero-order valence-corrected chi connectivity index (χ0v) is 15.6. The summed E-state index contributed by atoms with van der Waals surface area (Å²) in [6, 6.07) is 5.08. The van der Waals surface area contributed by atoms with Gasteiger partial charge in [0, 0.05) is 44.2 Å². The molecule has 1 unspecified atom stereocenters. The predicted molar refractivity (Wildman–Crippen MR) is 101 cm³/mol. The average molecular weight is 382 g/mol. The Hall–Kier alpha value is -3.20. The van der Waals surface area contributed by atoms with Crippen LogP contribution in [0.1, 0.15) is 39.9 Å². The smallest absolute Gasteiger partial charge is 0.255 e. The summed E-state index contributed by atoms with van der Waals surface area (Å²) in [5.41, 5.74) is 9.18. The van der Waals surface area contributed by atoms with Gasteiger partial charge in [-0.1, -0.05) is 12.1 Å². The van der Waals surface area contributed by atoms with Crippen molar-refractivity contribution in [1.29, 1.82) is 0 Å². The molecule has 3 heterocycles. The van der Waals surface area contributed by atoms with Gasteiger partial charge in [0.05, 0.1) is 6.20 Å². The lowest BCUT2D eigenvalue weighted by Crippen LogP contribution is -2.52. The van der Waals surface area contributed by atoms with Gasteiger partial charge < -0.3 is 16.0 Å². The molecule has 2 aliphatic rings. The van der Waals surface area contributed by atoms with Gasteiger partial charge >= 0.3 is 0 Å². The zero-order valence-electron chi connectivity index (χ0n) is 15.6. The molecule has 2 aromatic rings. The molecule has 0 saturated carbocycles. The van der Waals surface area contributed by atoms with Crippen LogP contribution in [0.15, 0.2) is 24.4 Å². The number of rotatable bonds is 5. The molecule has 146 valence electrons. The summed E-state index contributed by atoms with van der Waals surface area (Å²) in [4.78, 5) is 37.8. The minimum atomic E-state index is -0.597. The van der Waals surface area contributed by atoms with E-state index in [1.165, 1.54) is 0 Å². The molecular formula is C19H22N6O3. The largest absolute Gasteiger partial charge is 0.366 e. The molecule has 1 atom stereocenters. The second-order valence-electron chi connectivity index (χ2n) is 7.09. The number of hydrogen-bond acceptors (Lipinski definition) is 6. The Kier molecular flexibility index (Phi) is 4.60. The summed E-state index contributed by atoms with van der Waals surface area (Å²) in [5, 5.41) is 9.86. The molecule has 3 amide bonds. The van der Waals surface area contributed by atoms with Gasteiger partial charge in [-0.05, 0) is 23.6 Å². The van der Waals surface area contributed by atoms with E-state index in [0.717, 1.165) is 22.5 Å². The van der Waals surface area contributed by atoms with Crippen molar-refractivity contribution in [2.75, 3.05) is 5.32 Å². The molecule has 1 aromatic heterocycles. The quantitative estimate of drug-likeness (QED) is 0.637. The van der Waals surface area contributed by atoms with Gasteiger partial charge in [0.1, 0.15) is 11.9 Å². The third-order valence-electron chi connectivity index (χ3n) is 5.28. The SMILES string of the molecule is Cn1ncc(CN)c1NCc1ccc2c(c1)CN(C1CCC(=O)NC1=O)C2=O. The molecule has 1 aromatic carbocycles. The van der Waals surface area contributed by atoms with Crippen molar-refractivity contribution in [3.05, 3.63) is 46.6 Å². The number of piperidine rings is 1. The molecule has 0 spiro atoms. The Labute approximate surface area is 161 Å². The number of nitrogens with zero attached hydrogens (tertiary/aromatic N) is 3. The van der Waals surface area contributed by atoms with Crippen LogP contribution in [0.5, 0.6) is 0 Å². The summed E-state index contributed by atoms with van der Waals surface area (Å²) in [5.74, 6) is 0.0147. The molecule has 0 radical (unpaired) electrons. The molecule has 9 heteroatoms. The lowest BCUT2D eigenvalue weighted by molar-refractivity contribution is -0.136. The first kappa shape index (κ1) is 18.2. The maximum atomic E-state index is 12.7. The van der Waals surface area contributed by atoms with Crippen molar-refractivity contribution in [3.63, 3.8) is 0 Å². The van der Waals surface area contributed by atoms with Gasteiger partial charge in [-0.2, -0.15) is 5.10 Å². The molecular weight excluding hydrogens is 360 g/mol. The molecule has 2 aliphatic heterocycles. The molecule has 4 N–H and O–H groups in total. The maximum absolute atomic E-state index is 12.7. The van der Waals surface area contributed by atoms with E-state index in [2.05, 4.69) is 15.7 Å². The third kappa shape index (κ3) is 3.13. The highest BCUT2D eigenvalue weighted by Crippen LogP contribution is 2.28. The van der Waals surface area contributed by atoms with Crippen LogP contribution >= 0.6 is 0 Å². The van der Waals surface area contributed by atoms with Gasteiger partial charge in [-0.15, -0.1) is 0 Å². The summed E-state index contributed by atoms with van der Waals surface area (Å²) >= 11 is 0. The van der Waals surface area contributed by atoms with Crippen molar-refractivity contribution >= 4 is 23.5 Å². The lowest BCUT2D eigenvalue weighted by Gasteiger charge is -2.29. The molecule has 1 fully saturated rings. The summed E-state index contributed by atoms with van der Waals surface area (Å²) < 4.78 is 1.74. The van der Waals surface area contributed by atoms with E-state index < -0.39 is 11.9 Å². The third-order valence-corrected chi connectivity index (χ3v) is 5.28. The summed E-state index contributed by atoms with van der Waals surface area (Å²) in [6.45, 7) is 1.33. The van der Waals surface area contributed by atoms with Crippen LogP contribution in [0, 0.1) is 0 Å². The number of fused-ring (bicyclic) bond motifs is 1. The standard InChI is InChI=1S/C19H22N6O3/c1-24-17(13(7-20)9-22-24)21-8-11-2-3-14-12(6-11)10-25(19(14)28)15-4-5-16(26)23-18(15)27/h2-3,6,9,15,21H,4-5,7-8,10,20H2,1H3,(H,23,26,27). The highest BCUT2D eigenvalue weighted by Gasteiger charge is 2.39. The number of hydrogen-bond donors (Lipinski definition) is 3. The van der Waals surface area contributed by atoms with Crippen LogP contribution in [0.2, 0.25) is 0 Å². The van der Waals surface area contributed by atoms with E-state index in [-0.39, 0.29) is 18.2 Å². The number of amides is 3. The number of aryl methyl sites for hydroxylation is 1. The average Bonchev–Trinajstić information content (AvgIpc) is 3.19. The van der Waals surface area contributed by atoms with E-state index in [0.29, 0.717) is 31.6 Å². The minimum absolute atomic E-state index is 0.166. The number of anilines is 1. The van der Waals surface area contributed by atoms with E-state index in [9.17, 15) is 14.4 Å². The lowest BCUT2D eigenvalue weighted by atomic mass is 10.0. The van der Waals surface area contributed by atoms with Crippen molar-refractivity contribution in [3.8, 4) is 0 Å². The number of nitrogens with two attached hydrogens (primary N) is 1. The number of benzene rings is 1. The van der Waals surface area contributed by atoms with E-state index in [4.69, 9.17) is 5.73 Å². The highest BCUT2D eigenvalue weighted by molar-refractivity contribution is 6.05. The van der Waals surface area contributed by atoms with Gasteiger partial charge in [0.15, 0.2) is 0 Å². The van der Waals surface area contributed by atoms with Gasteiger partial charge in [-0.25, -0.2) is 0 Å². The van der Waals surface area contributed by atoms with E-state index in [1.54, 1.807) is 21.8 Å². The first-order valence-corrected chi connectivity index (χ1v) is 9.19. The number of imide groups is 1. The topological polar surface area (TPSA) is 122 Å². The number of carbonyl (C=O) groups excluding carboxylic acids is 3. The van der Waals surface area contributed by atoms with Crippen LogP contribution in [0.4, 0.5) is 5.82 Å². The summed E-state index contributed by atoms with van der Waals surface area (Å²) in [7, 11) is 1.85. The van der Waals surface area contributed by atoms with Crippen molar-refractivity contribution in [1.82, 2.24) is 20.0 Å². The van der Waals surface area contributed by atoms with Crippen LogP contribution in [-0.4, -0.2) is 38.4 Å². The minimum Gasteiger partial charge on any atom is -0.366 e. The fourth-order valence-electron chi connectivity index (χ4n) is 3.78. The van der Waals surface area contributed by atoms with Crippen LogP contribution in [0.25, 0.3) is 0 Å². The number of nitrogens with one attached hydrogen (secondary N) is 2. The van der Waals surface area contributed by atoms with Crippen LogP contribution in [-0.2, 0) is 36.3 Å². The Morgan fingerprint density at radius 2 is 2.14 bits per heavy atom. The maximum Gasteiger partial charge on any atom is 0.255 e. The number of aromatic nitrogens is 2. The Bertz CT molecular complexity index is 967. The molecule has 4 rings (SSSR count). The monoisotopic (exact) mass is 382 g/mol. The Balaban J connectivity index is 1.48. The Morgan fingerprint density at radius 1 is 1.32 bits per heavy atom. The zero-order chi connectivity index (χ0) is 19.8. The van der Waals surface area contributed by atoms with Gasteiger partial charge in [0.25, 0.3) is 5.91 Å². The normalized spacial score (nSPS) is 19.0. The van der Waals surface area contributed by atoms with Crippen molar-refractivity contribution in [2.24, 2.45) is 12.8 Å².